The maximum absolute atomic E-state index is 9.74. The third-order valence-electron chi connectivity index (χ3n) is 4.57. The van der Waals surface area contributed by atoms with Crippen molar-refractivity contribution in [3.8, 4) is 17.7 Å². The lowest BCUT2D eigenvalue weighted by atomic mass is 9.81. The highest BCUT2D eigenvalue weighted by atomic mass is 16.5. The first-order chi connectivity index (χ1) is 12.2. The van der Waals surface area contributed by atoms with Gasteiger partial charge in [0.05, 0.1) is 13.0 Å². The third kappa shape index (κ3) is 2.13. The molecule has 0 saturated heterocycles. The summed E-state index contributed by atoms with van der Waals surface area (Å²) in [4.78, 5) is 0. The zero-order valence-electron chi connectivity index (χ0n) is 13.8. The fourth-order valence-electron chi connectivity index (χ4n) is 3.44. The minimum absolute atomic E-state index is 0.0708. The normalized spacial score (nSPS) is 16.3. The van der Waals surface area contributed by atoms with Gasteiger partial charge in [0, 0.05) is 16.8 Å². The molecular weight excluding hydrogens is 316 g/mol. The molecule has 6 nitrogen and oxygen atoms in total. The number of benzene rings is 2. The SMILES string of the molecule is COc1ccc2ccccc2c1[C@H]1C(C#N)=C(N)Oc2n[nH]c(C)c21. The highest BCUT2D eigenvalue weighted by Gasteiger charge is 2.36. The largest absolute Gasteiger partial charge is 0.496 e. The molecule has 0 saturated carbocycles. The summed E-state index contributed by atoms with van der Waals surface area (Å²) >= 11 is 0. The van der Waals surface area contributed by atoms with Crippen molar-refractivity contribution in [2.75, 3.05) is 7.11 Å². The minimum atomic E-state index is -0.409. The van der Waals surface area contributed by atoms with Crippen molar-refractivity contribution in [3.05, 3.63) is 64.7 Å². The van der Waals surface area contributed by atoms with Gasteiger partial charge in [0.2, 0.25) is 11.8 Å². The summed E-state index contributed by atoms with van der Waals surface area (Å²) in [6.07, 6.45) is 0. The summed E-state index contributed by atoms with van der Waals surface area (Å²) in [5.41, 5.74) is 8.89. The van der Waals surface area contributed by atoms with E-state index >= 15 is 0 Å². The first-order valence-electron chi connectivity index (χ1n) is 7.83. The number of allylic oxidation sites excluding steroid dienone is 1. The van der Waals surface area contributed by atoms with Crippen LogP contribution in [0.4, 0.5) is 0 Å². The molecule has 1 atom stereocenters. The molecule has 0 aliphatic carbocycles. The molecule has 1 aliphatic rings. The molecule has 2 heterocycles. The van der Waals surface area contributed by atoms with Crippen LogP contribution in [0.15, 0.2) is 47.9 Å². The van der Waals surface area contributed by atoms with E-state index in [0.29, 0.717) is 17.2 Å². The summed E-state index contributed by atoms with van der Waals surface area (Å²) in [6.45, 7) is 1.90. The molecule has 0 unspecified atom stereocenters. The van der Waals surface area contributed by atoms with E-state index in [1.165, 1.54) is 0 Å². The Morgan fingerprint density at radius 1 is 1.24 bits per heavy atom. The van der Waals surface area contributed by atoms with E-state index in [-0.39, 0.29) is 5.88 Å². The van der Waals surface area contributed by atoms with E-state index in [1.54, 1.807) is 7.11 Å². The number of nitrogens with two attached hydrogens (primary N) is 1. The molecule has 4 rings (SSSR count). The van der Waals surface area contributed by atoms with Crippen LogP contribution in [0.3, 0.4) is 0 Å². The molecule has 3 aromatic rings. The van der Waals surface area contributed by atoms with Gasteiger partial charge in [-0.25, -0.2) is 0 Å². The number of aromatic nitrogens is 2. The van der Waals surface area contributed by atoms with E-state index < -0.39 is 5.92 Å². The van der Waals surface area contributed by atoms with Gasteiger partial charge in [-0.2, -0.15) is 5.26 Å². The van der Waals surface area contributed by atoms with Crippen LogP contribution in [0.1, 0.15) is 22.7 Å². The number of rotatable bonds is 2. The number of nitriles is 1. The fraction of sp³-hybridized carbons (Fsp3) is 0.158. The third-order valence-corrected chi connectivity index (χ3v) is 4.57. The van der Waals surface area contributed by atoms with Crippen molar-refractivity contribution in [2.24, 2.45) is 5.73 Å². The number of H-pyrrole nitrogens is 1. The predicted molar refractivity (Wildman–Crippen MR) is 93.1 cm³/mol. The number of nitrogens with one attached hydrogen (secondary N) is 1. The number of aryl methyl sites for hydroxylation is 1. The van der Waals surface area contributed by atoms with Gasteiger partial charge in [-0.15, -0.1) is 5.10 Å². The lowest BCUT2D eigenvalue weighted by Crippen LogP contribution is -2.21. The van der Waals surface area contributed by atoms with Crippen molar-refractivity contribution < 1.29 is 9.47 Å². The van der Waals surface area contributed by atoms with Crippen molar-refractivity contribution in [1.29, 1.82) is 5.26 Å². The molecule has 0 spiro atoms. The number of fused-ring (bicyclic) bond motifs is 2. The lowest BCUT2D eigenvalue weighted by Gasteiger charge is -2.26. The highest BCUT2D eigenvalue weighted by Crippen LogP contribution is 2.47. The van der Waals surface area contributed by atoms with Crippen LogP contribution in [0.5, 0.6) is 11.6 Å². The predicted octanol–water partition coefficient (Wildman–Crippen LogP) is 3.10. The molecule has 1 aromatic heterocycles. The number of ether oxygens (including phenoxy) is 2. The second-order valence-corrected chi connectivity index (χ2v) is 5.89. The van der Waals surface area contributed by atoms with Crippen LogP contribution in [-0.2, 0) is 0 Å². The maximum atomic E-state index is 9.74. The Morgan fingerprint density at radius 2 is 2.04 bits per heavy atom. The van der Waals surface area contributed by atoms with Gasteiger partial charge in [-0.05, 0) is 23.8 Å². The number of nitrogens with zero attached hydrogens (tertiary/aromatic N) is 2. The van der Waals surface area contributed by atoms with Gasteiger partial charge in [-0.1, -0.05) is 30.3 Å². The number of hydrogen-bond acceptors (Lipinski definition) is 5. The van der Waals surface area contributed by atoms with Crippen LogP contribution in [0.2, 0.25) is 0 Å². The van der Waals surface area contributed by atoms with Gasteiger partial charge < -0.3 is 15.2 Å². The molecule has 0 fully saturated rings. The molecule has 0 radical (unpaired) electrons. The average molecular weight is 332 g/mol. The van der Waals surface area contributed by atoms with E-state index in [0.717, 1.165) is 27.6 Å². The Labute approximate surface area is 144 Å². The average Bonchev–Trinajstić information content (AvgIpc) is 3.00. The van der Waals surface area contributed by atoms with Crippen molar-refractivity contribution in [1.82, 2.24) is 10.2 Å². The Kier molecular flexibility index (Phi) is 3.36. The zero-order chi connectivity index (χ0) is 17.6. The summed E-state index contributed by atoms with van der Waals surface area (Å²) < 4.78 is 11.2. The molecule has 2 aromatic carbocycles. The van der Waals surface area contributed by atoms with Crippen LogP contribution < -0.4 is 15.2 Å². The standard InChI is InChI=1S/C19H16N4O2/c1-10-15-17(13(9-20)18(21)25-19(15)23-22-10)16-12-6-4-3-5-11(12)7-8-14(16)24-2/h3-8,17H,21H2,1-2H3,(H,22,23)/t17-/m0/s1. The molecule has 6 heteroatoms. The number of hydrogen-bond donors (Lipinski definition) is 2. The number of methoxy groups -OCH3 is 1. The van der Waals surface area contributed by atoms with Gasteiger partial charge in [0.25, 0.3) is 0 Å². The van der Waals surface area contributed by atoms with Crippen LogP contribution in [0, 0.1) is 18.3 Å². The molecule has 0 amide bonds. The minimum Gasteiger partial charge on any atom is -0.496 e. The topological polar surface area (TPSA) is 96.9 Å². The Balaban J connectivity index is 2.12. The summed E-state index contributed by atoms with van der Waals surface area (Å²) in [6, 6.07) is 14.1. The smallest absolute Gasteiger partial charge is 0.244 e. The Bertz CT molecular complexity index is 1060. The summed E-state index contributed by atoms with van der Waals surface area (Å²) in [5, 5.41) is 18.9. The zero-order valence-corrected chi connectivity index (χ0v) is 13.8. The van der Waals surface area contributed by atoms with Gasteiger partial charge in [0.15, 0.2) is 0 Å². The first kappa shape index (κ1) is 15.1. The van der Waals surface area contributed by atoms with Crippen LogP contribution in [-0.4, -0.2) is 17.3 Å². The highest BCUT2D eigenvalue weighted by molar-refractivity contribution is 5.90. The van der Waals surface area contributed by atoms with E-state index in [1.807, 2.05) is 43.3 Å². The van der Waals surface area contributed by atoms with Gasteiger partial charge in [0.1, 0.15) is 17.4 Å². The van der Waals surface area contributed by atoms with Crippen molar-refractivity contribution in [3.63, 3.8) is 0 Å². The Hall–Kier alpha value is -3.46. The molecular formula is C19H16N4O2. The first-order valence-corrected chi connectivity index (χ1v) is 7.83. The van der Waals surface area contributed by atoms with Crippen molar-refractivity contribution >= 4 is 10.8 Å². The molecule has 3 N–H and O–H groups in total. The molecule has 25 heavy (non-hydrogen) atoms. The van der Waals surface area contributed by atoms with Gasteiger partial charge in [-0.3, -0.25) is 5.10 Å². The van der Waals surface area contributed by atoms with E-state index in [9.17, 15) is 5.26 Å². The monoisotopic (exact) mass is 332 g/mol. The molecule has 1 aliphatic heterocycles. The lowest BCUT2D eigenvalue weighted by molar-refractivity contribution is 0.375. The molecule has 124 valence electrons. The quantitative estimate of drug-likeness (QED) is 0.751. The Morgan fingerprint density at radius 3 is 2.80 bits per heavy atom. The van der Waals surface area contributed by atoms with Gasteiger partial charge >= 0.3 is 0 Å². The number of aromatic amines is 1. The van der Waals surface area contributed by atoms with E-state index in [4.69, 9.17) is 15.2 Å². The van der Waals surface area contributed by atoms with E-state index in [2.05, 4.69) is 16.3 Å². The second-order valence-electron chi connectivity index (χ2n) is 5.89. The van der Waals surface area contributed by atoms with Crippen LogP contribution in [0.25, 0.3) is 10.8 Å². The summed E-state index contributed by atoms with van der Waals surface area (Å²) in [7, 11) is 1.62. The maximum Gasteiger partial charge on any atom is 0.244 e. The summed E-state index contributed by atoms with van der Waals surface area (Å²) in [5.74, 6) is 0.752. The van der Waals surface area contributed by atoms with Crippen LogP contribution >= 0.6 is 0 Å². The second kappa shape index (κ2) is 5.56. The molecule has 0 bridgehead atoms. The fourth-order valence-corrected chi connectivity index (χ4v) is 3.44. The van der Waals surface area contributed by atoms with Crippen molar-refractivity contribution in [2.45, 2.75) is 12.8 Å².